The van der Waals surface area contributed by atoms with Crippen LogP contribution in [0, 0.1) is 5.82 Å². The lowest BCUT2D eigenvalue weighted by Gasteiger charge is -2.14. The van der Waals surface area contributed by atoms with Crippen molar-refractivity contribution in [3.05, 3.63) is 88.7 Å². The molecule has 0 bridgehead atoms. The minimum atomic E-state index is -0.675. The van der Waals surface area contributed by atoms with Crippen molar-refractivity contribution in [2.75, 3.05) is 17.7 Å². The molecule has 9 heteroatoms. The summed E-state index contributed by atoms with van der Waals surface area (Å²) in [6.45, 7) is 0. The Balaban J connectivity index is 1.69. The van der Waals surface area contributed by atoms with E-state index < -0.39 is 17.6 Å². The van der Waals surface area contributed by atoms with Crippen LogP contribution in [0.3, 0.4) is 0 Å². The highest BCUT2D eigenvalue weighted by molar-refractivity contribution is 7.80. The number of carbonyl (C=O) groups is 2. The summed E-state index contributed by atoms with van der Waals surface area (Å²) < 4.78 is 19.1. The molecule has 0 radical (unpaired) electrons. The molecule has 0 atom stereocenters. The first kappa shape index (κ1) is 22.2. The number of anilines is 2. The highest BCUT2D eigenvalue weighted by Crippen LogP contribution is 2.29. The van der Waals surface area contributed by atoms with Gasteiger partial charge in [-0.25, -0.2) is 4.39 Å². The standard InChI is InChI=1S/C22H17ClFN3O3S/c1-30-19-12-13(25-22(31)27-21(29)15-7-3-5-9-17(15)24)10-11-18(19)26-20(28)14-6-2-4-8-16(14)23/h2-12H,1H3,(H,26,28)(H2,25,27,29,31). The van der Waals surface area contributed by atoms with E-state index in [1.165, 1.54) is 25.3 Å². The van der Waals surface area contributed by atoms with Gasteiger partial charge in [-0.05, 0) is 48.6 Å². The summed E-state index contributed by atoms with van der Waals surface area (Å²) in [7, 11) is 1.45. The maximum atomic E-state index is 13.7. The lowest BCUT2D eigenvalue weighted by Crippen LogP contribution is -2.34. The lowest BCUT2D eigenvalue weighted by molar-refractivity contribution is 0.0972. The molecule has 31 heavy (non-hydrogen) atoms. The fraction of sp³-hybridized carbons (Fsp3) is 0.0455. The van der Waals surface area contributed by atoms with Gasteiger partial charge in [0.15, 0.2) is 5.11 Å². The zero-order valence-electron chi connectivity index (χ0n) is 16.2. The summed E-state index contributed by atoms with van der Waals surface area (Å²) in [5.74, 6) is -1.36. The molecule has 3 N–H and O–H groups in total. The van der Waals surface area contributed by atoms with Crippen LogP contribution in [-0.4, -0.2) is 24.0 Å². The van der Waals surface area contributed by atoms with Gasteiger partial charge in [-0.3, -0.25) is 14.9 Å². The average Bonchev–Trinajstić information content (AvgIpc) is 2.75. The van der Waals surface area contributed by atoms with Crippen LogP contribution in [0.25, 0.3) is 0 Å². The molecule has 6 nitrogen and oxygen atoms in total. The third-order valence-electron chi connectivity index (χ3n) is 4.17. The van der Waals surface area contributed by atoms with E-state index in [-0.39, 0.29) is 10.7 Å². The van der Waals surface area contributed by atoms with Crippen LogP contribution < -0.4 is 20.7 Å². The summed E-state index contributed by atoms with van der Waals surface area (Å²) in [6.07, 6.45) is 0. The molecule has 0 heterocycles. The Kier molecular flexibility index (Phi) is 7.17. The van der Waals surface area contributed by atoms with Crippen molar-refractivity contribution in [1.82, 2.24) is 5.32 Å². The normalized spacial score (nSPS) is 10.2. The van der Waals surface area contributed by atoms with E-state index in [2.05, 4.69) is 16.0 Å². The Labute approximate surface area is 188 Å². The number of methoxy groups -OCH3 is 1. The van der Waals surface area contributed by atoms with Gasteiger partial charge in [0.1, 0.15) is 11.6 Å². The van der Waals surface area contributed by atoms with Crippen LogP contribution in [0.15, 0.2) is 66.7 Å². The molecule has 0 aliphatic heterocycles. The molecule has 0 saturated heterocycles. The van der Waals surface area contributed by atoms with Gasteiger partial charge in [0.2, 0.25) is 0 Å². The number of hydrogen-bond acceptors (Lipinski definition) is 4. The zero-order chi connectivity index (χ0) is 22.4. The molecule has 3 rings (SSSR count). The Bertz CT molecular complexity index is 1160. The van der Waals surface area contributed by atoms with Crippen molar-refractivity contribution in [2.45, 2.75) is 0 Å². The number of hydrogen-bond donors (Lipinski definition) is 3. The number of carbonyl (C=O) groups excluding carboxylic acids is 2. The van der Waals surface area contributed by atoms with Crippen molar-refractivity contribution >= 4 is 52.1 Å². The fourth-order valence-corrected chi connectivity index (χ4v) is 3.12. The molecule has 3 aromatic carbocycles. The lowest BCUT2D eigenvalue weighted by atomic mass is 10.2. The van der Waals surface area contributed by atoms with E-state index in [4.69, 9.17) is 28.6 Å². The summed E-state index contributed by atoms with van der Waals surface area (Å²) >= 11 is 11.2. The first-order valence-electron chi connectivity index (χ1n) is 9.00. The number of ether oxygens (including phenoxy) is 1. The van der Waals surface area contributed by atoms with Crippen LogP contribution in [-0.2, 0) is 0 Å². The third kappa shape index (κ3) is 5.56. The summed E-state index contributed by atoms with van der Waals surface area (Å²) in [4.78, 5) is 24.6. The van der Waals surface area contributed by atoms with Crippen molar-refractivity contribution in [3.8, 4) is 5.75 Å². The highest BCUT2D eigenvalue weighted by atomic mass is 35.5. The number of rotatable bonds is 5. The molecule has 3 aromatic rings. The van der Waals surface area contributed by atoms with Gasteiger partial charge in [-0.2, -0.15) is 0 Å². The number of benzene rings is 3. The Morgan fingerprint density at radius 2 is 1.61 bits per heavy atom. The monoisotopic (exact) mass is 457 g/mol. The summed E-state index contributed by atoms with van der Waals surface area (Å²) in [5.41, 5.74) is 1.11. The van der Waals surface area contributed by atoms with Crippen LogP contribution in [0.1, 0.15) is 20.7 Å². The van der Waals surface area contributed by atoms with Gasteiger partial charge in [0, 0.05) is 11.8 Å². The van der Waals surface area contributed by atoms with Gasteiger partial charge < -0.3 is 15.4 Å². The Morgan fingerprint density at radius 3 is 2.29 bits per heavy atom. The van der Waals surface area contributed by atoms with Crippen LogP contribution in [0.4, 0.5) is 15.8 Å². The molecule has 0 aromatic heterocycles. The molecule has 0 fully saturated rings. The van der Waals surface area contributed by atoms with Gasteiger partial charge in [-0.15, -0.1) is 0 Å². The Morgan fingerprint density at radius 1 is 0.935 bits per heavy atom. The summed E-state index contributed by atoms with van der Waals surface area (Å²) in [6, 6.07) is 17.1. The van der Waals surface area contributed by atoms with Gasteiger partial charge in [0.05, 0.1) is 28.9 Å². The van der Waals surface area contributed by atoms with Crippen molar-refractivity contribution < 1.29 is 18.7 Å². The number of amides is 2. The zero-order valence-corrected chi connectivity index (χ0v) is 17.8. The molecule has 0 saturated carbocycles. The summed E-state index contributed by atoms with van der Waals surface area (Å²) in [5, 5.41) is 8.28. The second-order valence-electron chi connectivity index (χ2n) is 6.24. The molecule has 0 aliphatic carbocycles. The third-order valence-corrected chi connectivity index (χ3v) is 4.71. The maximum absolute atomic E-state index is 13.7. The predicted molar refractivity (Wildman–Crippen MR) is 122 cm³/mol. The molecular formula is C22H17ClFN3O3S. The SMILES string of the molecule is COc1cc(NC(=S)NC(=O)c2ccccc2F)ccc1NC(=O)c1ccccc1Cl. The van der Waals surface area contributed by atoms with Gasteiger partial charge in [0.25, 0.3) is 11.8 Å². The first-order chi connectivity index (χ1) is 14.9. The van der Waals surface area contributed by atoms with Crippen LogP contribution in [0.5, 0.6) is 5.75 Å². The first-order valence-corrected chi connectivity index (χ1v) is 9.78. The number of nitrogens with one attached hydrogen (secondary N) is 3. The predicted octanol–water partition coefficient (Wildman–Crippen LogP) is 4.87. The minimum absolute atomic E-state index is 0.0249. The second kappa shape index (κ2) is 10.0. The largest absolute Gasteiger partial charge is 0.494 e. The quantitative estimate of drug-likeness (QED) is 0.476. The molecular weight excluding hydrogens is 441 g/mol. The van der Waals surface area contributed by atoms with Gasteiger partial charge >= 0.3 is 0 Å². The van der Waals surface area contributed by atoms with E-state index in [0.717, 1.165) is 0 Å². The maximum Gasteiger partial charge on any atom is 0.260 e. The highest BCUT2D eigenvalue weighted by Gasteiger charge is 2.15. The number of halogens is 2. The van der Waals surface area contributed by atoms with E-state index in [1.54, 1.807) is 48.5 Å². The van der Waals surface area contributed by atoms with Crippen LogP contribution in [0.2, 0.25) is 5.02 Å². The minimum Gasteiger partial charge on any atom is -0.494 e. The smallest absolute Gasteiger partial charge is 0.260 e. The van der Waals surface area contributed by atoms with Crippen molar-refractivity contribution in [1.29, 1.82) is 0 Å². The fourth-order valence-electron chi connectivity index (χ4n) is 2.69. The average molecular weight is 458 g/mol. The second-order valence-corrected chi connectivity index (χ2v) is 7.05. The molecule has 158 valence electrons. The van der Waals surface area contributed by atoms with E-state index >= 15 is 0 Å². The van der Waals surface area contributed by atoms with Crippen LogP contribution >= 0.6 is 23.8 Å². The number of thiocarbonyl (C=S) groups is 1. The van der Waals surface area contributed by atoms with Gasteiger partial charge in [-0.1, -0.05) is 35.9 Å². The van der Waals surface area contributed by atoms with Crippen molar-refractivity contribution in [2.24, 2.45) is 0 Å². The molecule has 0 aliphatic rings. The van der Waals surface area contributed by atoms with E-state index in [0.29, 0.717) is 27.7 Å². The van der Waals surface area contributed by atoms with E-state index in [1.807, 2.05) is 0 Å². The molecule has 0 unspecified atom stereocenters. The Hall–Kier alpha value is -3.49. The molecule has 2 amide bonds. The van der Waals surface area contributed by atoms with Crippen molar-refractivity contribution in [3.63, 3.8) is 0 Å². The van der Waals surface area contributed by atoms with E-state index in [9.17, 15) is 14.0 Å². The topological polar surface area (TPSA) is 79.5 Å². The molecule has 0 spiro atoms.